The minimum Gasteiger partial charge on any atom is -0.370 e. The largest absolute Gasteiger partial charge is 0.370 e. The van der Waals surface area contributed by atoms with Crippen LogP contribution in [-0.4, -0.2) is 11.0 Å². The molecule has 1 aromatic heterocycles. The molecule has 0 saturated heterocycles. The molecule has 0 bridgehead atoms. The number of nitrogens with zero attached hydrogens (tertiary/aromatic N) is 1. The topological polar surface area (TPSA) is 24.9 Å². The van der Waals surface area contributed by atoms with Crippen LogP contribution >= 0.6 is 15.9 Å². The molecule has 2 rings (SSSR count). The average Bonchev–Trinajstić information content (AvgIpc) is 2.35. The fourth-order valence-electron chi connectivity index (χ4n) is 1.70. The summed E-state index contributed by atoms with van der Waals surface area (Å²) in [6, 6.07) is 8.14. The third-order valence-corrected chi connectivity index (χ3v) is 3.05. The van der Waals surface area contributed by atoms with Gasteiger partial charge in [-0.15, -0.1) is 6.42 Å². The molecule has 0 aliphatic carbocycles. The van der Waals surface area contributed by atoms with Crippen molar-refractivity contribution in [2.24, 2.45) is 0 Å². The zero-order chi connectivity index (χ0) is 12.3. The van der Waals surface area contributed by atoms with Gasteiger partial charge < -0.3 is 5.32 Å². The highest BCUT2D eigenvalue weighted by atomic mass is 79.9. The van der Waals surface area contributed by atoms with E-state index in [1.54, 1.807) is 6.20 Å². The van der Waals surface area contributed by atoms with Crippen molar-refractivity contribution >= 4 is 32.5 Å². The Morgan fingerprint density at radius 2 is 2.35 bits per heavy atom. The summed E-state index contributed by atoms with van der Waals surface area (Å²) in [5.41, 5.74) is 1.93. The molecule has 1 unspecified atom stereocenters. The van der Waals surface area contributed by atoms with Gasteiger partial charge in [0, 0.05) is 16.1 Å². The van der Waals surface area contributed by atoms with Crippen molar-refractivity contribution in [3.8, 4) is 12.3 Å². The molecule has 1 atom stereocenters. The number of para-hydroxylation sites is 1. The number of halogens is 1. The lowest BCUT2D eigenvalue weighted by atomic mass is 10.1. The molecule has 0 fully saturated rings. The maximum atomic E-state index is 5.46. The van der Waals surface area contributed by atoms with E-state index in [0.717, 1.165) is 27.5 Å². The van der Waals surface area contributed by atoms with Gasteiger partial charge in [0.2, 0.25) is 0 Å². The van der Waals surface area contributed by atoms with Gasteiger partial charge in [0.25, 0.3) is 0 Å². The monoisotopic (exact) mass is 288 g/mol. The van der Waals surface area contributed by atoms with Gasteiger partial charge in [-0.3, -0.25) is 4.98 Å². The molecule has 1 aromatic carbocycles. The fourth-order valence-corrected chi connectivity index (χ4v) is 2.05. The van der Waals surface area contributed by atoms with Gasteiger partial charge in [0.15, 0.2) is 0 Å². The molecule has 1 N–H and O–H groups in total. The first-order valence-corrected chi connectivity index (χ1v) is 6.31. The number of hydrogen-bond donors (Lipinski definition) is 1. The van der Waals surface area contributed by atoms with Crippen molar-refractivity contribution in [2.75, 3.05) is 5.32 Å². The minimum absolute atomic E-state index is 0.0473. The van der Waals surface area contributed by atoms with Crippen LogP contribution in [0.4, 0.5) is 5.69 Å². The second-order valence-electron chi connectivity index (χ2n) is 3.80. The summed E-state index contributed by atoms with van der Waals surface area (Å²) in [6.45, 7) is 2.06. The zero-order valence-electron chi connectivity index (χ0n) is 9.57. The SMILES string of the molecule is C#CC(CC)Nc1cccc2cc(Br)cnc12. The third-order valence-electron chi connectivity index (χ3n) is 2.62. The van der Waals surface area contributed by atoms with E-state index in [1.165, 1.54) is 0 Å². The highest BCUT2D eigenvalue weighted by Gasteiger charge is 2.06. The van der Waals surface area contributed by atoms with Crippen LogP contribution in [0.25, 0.3) is 10.9 Å². The molecule has 0 saturated carbocycles. The molecular weight excluding hydrogens is 276 g/mol. The molecule has 17 heavy (non-hydrogen) atoms. The molecule has 0 aliphatic rings. The lowest BCUT2D eigenvalue weighted by Crippen LogP contribution is -2.15. The summed E-state index contributed by atoms with van der Waals surface area (Å²) in [6.07, 6.45) is 8.15. The maximum absolute atomic E-state index is 5.46. The smallest absolute Gasteiger partial charge is 0.0934 e. The van der Waals surface area contributed by atoms with Gasteiger partial charge in [0.05, 0.1) is 17.2 Å². The number of aromatic nitrogens is 1. The van der Waals surface area contributed by atoms with Crippen LogP contribution < -0.4 is 5.32 Å². The molecule has 0 aliphatic heterocycles. The van der Waals surface area contributed by atoms with E-state index in [9.17, 15) is 0 Å². The first kappa shape index (κ1) is 11.9. The van der Waals surface area contributed by atoms with Gasteiger partial charge in [-0.2, -0.15) is 0 Å². The number of nitrogens with one attached hydrogen (secondary N) is 1. The molecule has 1 heterocycles. The van der Waals surface area contributed by atoms with Crippen molar-refractivity contribution in [3.63, 3.8) is 0 Å². The van der Waals surface area contributed by atoms with Gasteiger partial charge in [-0.25, -0.2) is 0 Å². The Kier molecular flexibility index (Phi) is 3.65. The Labute approximate surface area is 110 Å². The van der Waals surface area contributed by atoms with Gasteiger partial charge >= 0.3 is 0 Å². The number of anilines is 1. The first-order valence-electron chi connectivity index (χ1n) is 5.51. The van der Waals surface area contributed by atoms with E-state index < -0.39 is 0 Å². The summed E-state index contributed by atoms with van der Waals surface area (Å²) >= 11 is 3.42. The van der Waals surface area contributed by atoms with Crippen LogP contribution in [0.2, 0.25) is 0 Å². The Morgan fingerprint density at radius 1 is 1.53 bits per heavy atom. The maximum Gasteiger partial charge on any atom is 0.0934 e. The summed E-state index contributed by atoms with van der Waals surface area (Å²) in [5.74, 6) is 2.73. The van der Waals surface area contributed by atoms with Crippen LogP contribution in [0.5, 0.6) is 0 Å². The lowest BCUT2D eigenvalue weighted by molar-refractivity contribution is 0.859. The number of pyridine rings is 1. The number of benzene rings is 1. The van der Waals surface area contributed by atoms with Crippen LogP contribution in [0, 0.1) is 12.3 Å². The van der Waals surface area contributed by atoms with E-state index >= 15 is 0 Å². The van der Waals surface area contributed by atoms with Crippen molar-refractivity contribution in [2.45, 2.75) is 19.4 Å². The fraction of sp³-hybridized carbons (Fsp3) is 0.214. The first-order chi connectivity index (χ1) is 8.24. The number of rotatable bonds is 3. The van der Waals surface area contributed by atoms with E-state index in [2.05, 4.69) is 39.1 Å². The number of fused-ring (bicyclic) bond motifs is 1. The Morgan fingerprint density at radius 3 is 3.06 bits per heavy atom. The highest BCUT2D eigenvalue weighted by Crippen LogP contribution is 2.24. The summed E-state index contributed by atoms with van der Waals surface area (Å²) in [7, 11) is 0. The molecule has 0 spiro atoms. The quantitative estimate of drug-likeness (QED) is 0.869. The predicted octanol–water partition coefficient (Wildman–Crippen LogP) is 3.82. The van der Waals surface area contributed by atoms with Gasteiger partial charge in [-0.1, -0.05) is 25.0 Å². The van der Waals surface area contributed by atoms with Crippen molar-refractivity contribution in [1.29, 1.82) is 0 Å². The molecule has 2 nitrogen and oxygen atoms in total. The van der Waals surface area contributed by atoms with Crippen molar-refractivity contribution in [1.82, 2.24) is 4.98 Å². The molecular formula is C14H13BrN2. The van der Waals surface area contributed by atoms with Crippen LogP contribution in [0.15, 0.2) is 34.9 Å². The molecule has 86 valence electrons. The third kappa shape index (κ3) is 2.59. The van der Waals surface area contributed by atoms with Crippen molar-refractivity contribution < 1.29 is 0 Å². The standard InChI is InChI=1S/C14H13BrN2/c1-3-12(4-2)17-13-7-5-6-10-8-11(15)9-16-14(10)13/h1,5-9,12,17H,4H2,2H3. The van der Waals surface area contributed by atoms with Crippen LogP contribution in [0.3, 0.4) is 0 Å². The Hall–Kier alpha value is -1.53. The van der Waals surface area contributed by atoms with Gasteiger partial charge in [-0.05, 0) is 34.5 Å². The van der Waals surface area contributed by atoms with E-state index in [4.69, 9.17) is 6.42 Å². The van der Waals surface area contributed by atoms with E-state index in [0.29, 0.717) is 0 Å². The van der Waals surface area contributed by atoms with Gasteiger partial charge in [0.1, 0.15) is 0 Å². The molecule has 2 aromatic rings. The van der Waals surface area contributed by atoms with Crippen LogP contribution in [-0.2, 0) is 0 Å². The normalized spacial score (nSPS) is 12.1. The second-order valence-corrected chi connectivity index (χ2v) is 4.72. The lowest BCUT2D eigenvalue weighted by Gasteiger charge is -2.13. The van der Waals surface area contributed by atoms with E-state index in [1.807, 2.05) is 24.3 Å². The van der Waals surface area contributed by atoms with E-state index in [-0.39, 0.29) is 6.04 Å². The molecule has 0 radical (unpaired) electrons. The highest BCUT2D eigenvalue weighted by molar-refractivity contribution is 9.10. The van der Waals surface area contributed by atoms with Crippen molar-refractivity contribution in [3.05, 3.63) is 34.9 Å². The Balaban J connectivity index is 2.44. The minimum atomic E-state index is 0.0473. The van der Waals surface area contributed by atoms with Crippen LogP contribution in [0.1, 0.15) is 13.3 Å². The summed E-state index contributed by atoms with van der Waals surface area (Å²) < 4.78 is 0.978. The molecule has 0 amide bonds. The second kappa shape index (κ2) is 5.20. The zero-order valence-corrected chi connectivity index (χ0v) is 11.2. The Bertz CT molecular complexity index is 572. The average molecular weight is 289 g/mol. The summed E-state index contributed by atoms with van der Waals surface area (Å²) in [4.78, 5) is 4.42. The summed E-state index contributed by atoms with van der Waals surface area (Å²) in [5, 5.41) is 4.42. The number of hydrogen-bond acceptors (Lipinski definition) is 2. The molecule has 3 heteroatoms. The number of terminal acetylenes is 1. The predicted molar refractivity (Wildman–Crippen MR) is 76.0 cm³/mol.